The molecule has 1 saturated heterocycles. The minimum atomic E-state index is -0.436. The Hall–Kier alpha value is -1.98. The van der Waals surface area contributed by atoms with Crippen LogP contribution in [0.1, 0.15) is 70.8 Å². The second-order valence-corrected chi connectivity index (χ2v) is 9.68. The first-order valence-electron chi connectivity index (χ1n) is 10.5. The highest BCUT2D eigenvalue weighted by Gasteiger charge is 2.48. The van der Waals surface area contributed by atoms with E-state index in [0.29, 0.717) is 17.7 Å². The second kappa shape index (κ2) is 7.12. The lowest BCUT2D eigenvalue weighted by molar-refractivity contribution is -0.0610. The van der Waals surface area contributed by atoms with Gasteiger partial charge in [0.1, 0.15) is 11.7 Å². The first-order chi connectivity index (χ1) is 13.3. The summed E-state index contributed by atoms with van der Waals surface area (Å²) in [5.41, 5.74) is 1.01. The van der Waals surface area contributed by atoms with Crippen LogP contribution < -0.4 is 9.47 Å². The fourth-order valence-corrected chi connectivity index (χ4v) is 4.40. The van der Waals surface area contributed by atoms with Gasteiger partial charge in [0.15, 0.2) is 0 Å². The minimum absolute atomic E-state index is 0.185. The third-order valence-electron chi connectivity index (χ3n) is 6.06. The molecule has 2 saturated carbocycles. The van der Waals surface area contributed by atoms with Gasteiger partial charge in [0.25, 0.3) is 0 Å². The Morgan fingerprint density at radius 3 is 2.39 bits per heavy atom. The summed E-state index contributed by atoms with van der Waals surface area (Å²) in [6.07, 6.45) is 6.59. The maximum Gasteiger partial charge on any atom is 0.410 e. The van der Waals surface area contributed by atoms with Gasteiger partial charge in [-0.05, 0) is 71.3 Å². The van der Waals surface area contributed by atoms with E-state index in [0.717, 1.165) is 38.8 Å². The third kappa shape index (κ3) is 4.20. The monoisotopic (exact) mass is 388 g/mol. The van der Waals surface area contributed by atoms with Crippen LogP contribution in [0, 0.1) is 5.41 Å². The summed E-state index contributed by atoms with van der Waals surface area (Å²) in [7, 11) is 1.68. The van der Waals surface area contributed by atoms with E-state index in [1.165, 1.54) is 18.4 Å². The highest BCUT2D eigenvalue weighted by molar-refractivity contribution is 5.69. The van der Waals surface area contributed by atoms with Crippen LogP contribution in [-0.2, 0) is 4.74 Å². The molecular weight excluding hydrogens is 356 g/mol. The van der Waals surface area contributed by atoms with Crippen molar-refractivity contribution in [2.75, 3.05) is 20.2 Å². The number of ether oxygens (including phenoxy) is 3. The highest BCUT2D eigenvalue weighted by atomic mass is 16.6. The number of nitrogens with zero attached hydrogens (tertiary/aromatic N) is 2. The van der Waals surface area contributed by atoms with Gasteiger partial charge in [0, 0.05) is 30.1 Å². The molecule has 2 heterocycles. The van der Waals surface area contributed by atoms with Crippen LogP contribution in [0.25, 0.3) is 0 Å². The summed E-state index contributed by atoms with van der Waals surface area (Å²) in [4.78, 5) is 18.6. The zero-order chi connectivity index (χ0) is 19.9. The van der Waals surface area contributed by atoms with E-state index in [4.69, 9.17) is 14.2 Å². The first-order valence-corrected chi connectivity index (χ1v) is 10.5. The molecule has 6 nitrogen and oxygen atoms in total. The smallest absolute Gasteiger partial charge is 0.410 e. The van der Waals surface area contributed by atoms with Crippen LogP contribution in [0.2, 0.25) is 0 Å². The molecule has 6 heteroatoms. The number of pyridine rings is 1. The molecule has 0 atom stereocenters. The number of carbonyl (C=O) groups excluding carboxylic acids is 1. The lowest BCUT2D eigenvalue weighted by atomic mass is 9.68. The summed E-state index contributed by atoms with van der Waals surface area (Å²) in [6, 6.07) is 4.09. The van der Waals surface area contributed by atoms with Crippen LogP contribution in [0.15, 0.2) is 12.1 Å². The average molecular weight is 389 g/mol. The van der Waals surface area contributed by atoms with Gasteiger partial charge in [-0.2, -0.15) is 4.98 Å². The first kappa shape index (κ1) is 19.3. The van der Waals surface area contributed by atoms with Crippen molar-refractivity contribution in [3.8, 4) is 11.8 Å². The number of amides is 1. The van der Waals surface area contributed by atoms with E-state index in [-0.39, 0.29) is 17.6 Å². The van der Waals surface area contributed by atoms with Crippen molar-refractivity contribution in [3.63, 3.8) is 0 Å². The molecular formula is C22H32N2O4. The molecule has 0 bridgehead atoms. The molecule has 0 unspecified atom stereocenters. The average Bonchev–Trinajstić information content (AvgIpc) is 3.44. The maximum atomic E-state index is 12.2. The van der Waals surface area contributed by atoms with E-state index in [2.05, 4.69) is 11.1 Å². The summed E-state index contributed by atoms with van der Waals surface area (Å²) >= 11 is 0. The number of likely N-dealkylation sites (tertiary alicyclic amines) is 1. The molecule has 0 radical (unpaired) electrons. The summed E-state index contributed by atoms with van der Waals surface area (Å²) < 4.78 is 17.1. The van der Waals surface area contributed by atoms with Crippen molar-refractivity contribution in [1.82, 2.24) is 9.88 Å². The Bertz CT molecular complexity index is 723. The van der Waals surface area contributed by atoms with Crippen molar-refractivity contribution in [2.24, 2.45) is 5.41 Å². The fraction of sp³-hybridized carbons (Fsp3) is 0.727. The Balaban J connectivity index is 1.27. The molecule has 1 aromatic rings. The quantitative estimate of drug-likeness (QED) is 0.759. The van der Waals surface area contributed by atoms with Crippen molar-refractivity contribution >= 4 is 6.09 Å². The lowest BCUT2D eigenvalue weighted by Gasteiger charge is -2.52. The Labute approximate surface area is 167 Å². The second-order valence-electron chi connectivity index (χ2n) is 9.68. The predicted octanol–water partition coefficient (Wildman–Crippen LogP) is 4.53. The number of hydrogen-bond acceptors (Lipinski definition) is 5. The number of carbonyl (C=O) groups is 1. The zero-order valence-electron chi connectivity index (χ0n) is 17.5. The largest absolute Gasteiger partial charge is 0.481 e. The van der Waals surface area contributed by atoms with Crippen LogP contribution in [-0.4, -0.2) is 47.9 Å². The van der Waals surface area contributed by atoms with E-state index < -0.39 is 5.60 Å². The lowest BCUT2D eigenvalue weighted by Crippen LogP contribution is -2.60. The summed E-state index contributed by atoms with van der Waals surface area (Å²) in [5, 5.41) is 0. The maximum absolute atomic E-state index is 12.2. The topological polar surface area (TPSA) is 60.9 Å². The van der Waals surface area contributed by atoms with Crippen molar-refractivity contribution in [1.29, 1.82) is 0 Å². The van der Waals surface area contributed by atoms with Crippen LogP contribution >= 0.6 is 0 Å². The molecule has 1 spiro atoms. The molecule has 28 heavy (non-hydrogen) atoms. The Morgan fingerprint density at radius 1 is 1.14 bits per heavy atom. The van der Waals surface area contributed by atoms with Crippen molar-refractivity contribution in [2.45, 2.75) is 76.9 Å². The molecule has 1 amide bonds. The Kier molecular flexibility index (Phi) is 4.92. The van der Waals surface area contributed by atoms with Gasteiger partial charge in [-0.1, -0.05) is 0 Å². The van der Waals surface area contributed by atoms with Crippen molar-refractivity contribution in [3.05, 3.63) is 17.7 Å². The van der Waals surface area contributed by atoms with Crippen LogP contribution in [0.3, 0.4) is 0 Å². The standard InChI is InChI=1S/C22H32N2O4/c1-21(2,3)28-20(25)24-13-22(14-24)11-9-16(10-12-22)27-18-8-7-17(15-5-6-15)19(23-18)26-4/h7-8,15-16H,5-6,9-14H2,1-4H3. The molecule has 0 N–H and O–H groups in total. The molecule has 3 fully saturated rings. The van der Waals surface area contributed by atoms with E-state index in [1.54, 1.807) is 7.11 Å². The third-order valence-corrected chi connectivity index (χ3v) is 6.06. The van der Waals surface area contributed by atoms with Crippen LogP contribution in [0.4, 0.5) is 4.79 Å². The summed E-state index contributed by atoms with van der Waals surface area (Å²) in [5.74, 6) is 1.98. The SMILES string of the molecule is COc1nc(OC2CCC3(CC2)CN(C(=O)OC(C)(C)C)C3)ccc1C1CC1. The molecule has 0 aromatic carbocycles. The number of hydrogen-bond donors (Lipinski definition) is 0. The van der Waals surface area contributed by atoms with Gasteiger partial charge in [0.2, 0.25) is 11.8 Å². The molecule has 4 rings (SSSR count). The van der Waals surface area contributed by atoms with Gasteiger partial charge >= 0.3 is 6.09 Å². The Morgan fingerprint density at radius 2 is 1.82 bits per heavy atom. The highest BCUT2D eigenvalue weighted by Crippen LogP contribution is 2.46. The number of aromatic nitrogens is 1. The van der Waals surface area contributed by atoms with Crippen LogP contribution in [0.5, 0.6) is 11.8 Å². The molecule has 2 aliphatic carbocycles. The summed E-state index contributed by atoms with van der Waals surface area (Å²) in [6.45, 7) is 7.32. The van der Waals surface area contributed by atoms with Gasteiger partial charge in [-0.15, -0.1) is 0 Å². The fourth-order valence-electron chi connectivity index (χ4n) is 4.40. The molecule has 154 valence electrons. The number of methoxy groups -OCH3 is 1. The predicted molar refractivity (Wildman–Crippen MR) is 106 cm³/mol. The van der Waals surface area contributed by atoms with Gasteiger partial charge in [0.05, 0.1) is 7.11 Å². The minimum Gasteiger partial charge on any atom is -0.481 e. The van der Waals surface area contributed by atoms with Gasteiger partial charge in [-0.3, -0.25) is 0 Å². The number of rotatable bonds is 4. The van der Waals surface area contributed by atoms with E-state index >= 15 is 0 Å². The molecule has 1 aliphatic heterocycles. The van der Waals surface area contributed by atoms with E-state index in [9.17, 15) is 4.79 Å². The van der Waals surface area contributed by atoms with E-state index in [1.807, 2.05) is 31.7 Å². The van der Waals surface area contributed by atoms with Gasteiger partial charge in [-0.25, -0.2) is 4.79 Å². The van der Waals surface area contributed by atoms with Crippen molar-refractivity contribution < 1.29 is 19.0 Å². The zero-order valence-corrected chi connectivity index (χ0v) is 17.5. The molecule has 3 aliphatic rings. The molecule has 1 aromatic heterocycles. The normalized spacial score (nSPS) is 21.9. The van der Waals surface area contributed by atoms with Gasteiger partial charge < -0.3 is 19.1 Å².